The molecule has 2 amide bonds. The lowest BCUT2D eigenvalue weighted by atomic mass is 10.4. The fraction of sp³-hybridized carbons (Fsp3) is 0.818. The topological polar surface area (TPSA) is 49.9 Å². The molecule has 0 aliphatic carbocycles. The van der Waals surface area contributed by atoms with Crippen LogP contribution < -0.4 is 0 Å². The van der Waals surface area contributed by atoms with Gasteiger partial charge < -0.3 is 4.90 Å². The van der Waals surface area contributed by atoms with E-state index in [1.807, 2.05) is 6.92 Å². The van der Waals surface area contributed by atoms with Gasteiger partial charge in [-0.2, -0.15) is 25.3 Å². The van der Waals surface area contributed by atoms with Gasteiger partial charge >= 0.3 is 0 Å². The van der Waals surface area contributed by atoms with E-state index in [0.717, 1.165) is 19.4 Å². The van der Waals surface area contributed by atoms with Crippen LogP contribution in [-0.2, 0) is 14.4 Å². The highest BCUT2D eigenvalue weighted by Crippen LogP contribution is 2.15. The number of carbonyl (C=O) groups excluding carboxylic acids is 2. The quantitative estimate of drug-likeness (QED) is 0.734. The van der Waals surface area contributed by atoms with Crippen molar-refractivity contribution in [3.05, 3.63) is 0 Å². The number of nitrogens with zero attached hydrogens (tertiary/aromatic N) is 2. The fourth-order valence-electron chi connectivity index (χ4n) is 1.73. The molecule has 0 aromatic rings. The van der Waals surface area contributed by atoms with E-state index in [4.69, 9.17) is 4.84 Å². The van der Waals surface area contributed by atoms with E-state index in [2.05, 4.69) is 25.3 Å². The summed E-state index contributed by atoms with van der Waals surface area (Å²) in [5.74, 6) is 0.151. The van der Waals surface area contributed by atoms with E-state index in [1.54, 1.807) is 11.9 Å². The number of hydroxylamine groups is 2. The molecule has 0 bridgehead atoms. The molecule has 2 atom stereocenters. The van der Waals surface area contributed by atoms with Gasteiger partial charge in [0.05, 0.1) is 23.7 Å². The van der Waals surface area contributed by atoms with Gasteiger partial charge in [0.15, 0.2) is 0 Å². The number of thiol groups is 2. The Labute approximate surface area is 119 Å². The zero-order chi connectivity index (χ0) is 13.7. The predicted octanol–water partition coefficient (Wildman–Crippen LogP) is 0.615. The van der Waals surface area contributed by atoms with E-state index >= 15 is 0 Å². The van der Waals surface area contributed by atoms with Gasteiger partial charge in [-0.1, -0.05) is 0 Å². The van der Waals surface area contributed by atoms with Gasteiger partial charge in [-0.25, -0.2) is 5.06 Å². The predicted molar refractivity (Wildman–Crippen MR) is 75.8 cm³/mol. The summed E-state index contributed by atoms with van der Waals surface area (Å²) in [7, 11) is 1.80. The lowest BCUT2D eigenvalue weighted by molar-refractivity contribution is -0.175. The molecule has 18 heavy (non-hydrogen) atoms. The fourth-order valence-corrected chi connectivity index (χ4v) is 2.28. The molecule has 7 heteroatoms. The van der Waals surface area contributed by atoms with Crippen LogP contribution in [0.25, 0.3) is 0 Å². The van der Waals surface area contributed by atoms with E-state index in [-0.39, 0.29) is 22.3 Å². The van der Waals surface area contributed by atoms with Crippen molar-refractivity contribution in [2.24, 2.45) is 0 Å². The van der Waals surface area contributed by atoms with Crippen molar-refractivity contribution in [1.29, 1.82) is 0 Å². The van der Waals surface area contributed by atoms with Crippen molar-refractivity contribution in [3.8, 4) is 0 Å². The Morgan fingerprint density at radius 1 is 1.17 bits per heavy atom. The highest BCUT2D eigenvalue weighted by atomic mass is 32.1. The van der Waals surface area contributed by atoms with E-state index in [9.17, 15) is 9.59 Å². The minimum atomic E-state index is -0.147. The van der Waals surface area contributed by atoms with Crippen molar-refractivity contribution < 1.29 is 14.4 Å². The van der Waals surface area contributed by atoms with Crippen molar-refractivity contribution in [3.63, 3.8) is 0 Å². The smallest absolute Gasteiger partial charge is 0.259 e. The second-order valence-electron chi connectivity index (χ2n) is 4.23. The molecular weight excluding hydrogens is 272 g/mol. The lowest BCUT2D eigenvalue weighted by Crippen LogP contribution is -2.27. The highest BCUT2D eigenvalue weighted by molar-refractivity contribution is 7.82. The molecule has 0 aromatic carbocycles. The third-order valence-electron chi connectivity index (χ3n) is 2.82. The summed E-state index contributed by atoms with van der Waals surface area (Å²) >= 11 is 8.12. The maximum Gasteiger partial charge on any atom is 0.259 e. The minimum Gasteiger partial charge on any atom is -0.345 e. The highest BCUT2D eigenvalue weighted by Gasteiger charge is 2.29. The maximum atomic E-state index is 11.0. The average molecular weight is 292 g/mol. The summed E-state index contributed by atoms with van der Waals surface area (Å²) in [6.07, 6.45) is 1.69. The normalized spacial score (nSPS) is 27.6. The summed E-state index contributed by atoms with van der Waals surface area (Å²) in [5.41, 5.74) is 0. The second-order valence-corrected chi connectivity index (χ2v) is 5.47. The Kier molecular flexibility index (Phi) is 6.31. The Balaban J connectivity index is 0.000000184. The van der Waals surface area contributed by atoms with Gasteiger partial charge in [0.25, 0.3) is 5.91 Å². The van der Waals surface area contributed by atoms with E-state index in [0.29, 0.717) is 13.2 Å². The molecule has 2 aliphatic heterocycles. The van der Waals surface area contributed by atoms with Gasteiger partial charge in [-0.15, -0.1) is 0 Å². The van der Waals surface area contributed by atoms with E-state index in [1.165, 1.54) is 5.06 Å². The first kappa shape index (κ1) is 15.7. The maximum absolute atomic E-state index is 11.0. The molecule has 2 unspecified atom stereocenters. The summed E-state index contributed by atoms with van der Waals surface area (Å²) in [4.78, 5) is 28.5. The monoisotopic (exact) mass is 292 g/mol. The number of likely N-dealkylation sites (tertiary alicyclic amines) is 1. The summed E-state index contributed by atoms with van der Waals surface area (Å²) < 4.78 is 0. The van der Waals surface area contributed by atoms with Gasteiger partial charge in [-0.3, -0.25) is 14.4 Å². The van der Waals surface area contributed by atoms with Crippen LogP contribution in [0.2, 0.25) is 0 Å². The first-order chi connectivity index (χ1) is 8.47. The van der Waals surface area contributed by atoms with Crippen molar-refractivity contribution in [2.75, 3.05) is 26.7 Å². The average Bonchev–Trinajstić information content (AvgIpc) is 2.81. The largest absolute Gasteiger partial charge is 0.345 e. The van der Waals surface area contributed by atoms with Crippen molar-refractivity contribution in [1.82, 2.24) is 9.96 Å². The zero-order valence-corrected chi connectivity index (χ0v) is 12.5. The molecule has 0 radical (unpaired) electrons. The zero-order valence-electron chi connectivity index (χ0n) is 10.7. The molecule has 2 aliphatic rings. The molecule has 104 valence electrons. The number of hydrogen-bond acceptors (Lipinski definition) is 5. The second kappa shape index (κ2) is 7.25. The summed E-state index contributed by atoms with van der Waals surface area (Å²) in [5, 5.41) is 1.21. The molecule has 0 saturated carbocycles. The van der Waals surface area contributed by atoms with Gasteiger partial charge in [-0.05, 0) is 19.8 Å². The molecule has 5 nitrogen and oxygen atoms in total. The molecule has 2 fully saturated rings. The Bertz CT molecular complexity index is 301. The summed E-state index contributed by atoms with van der Waals surface area (Å²) in [6, 6.07) is 0. The number of hydrogen-bond donors (Lipinski definition) is 2. The van der Waals surface area contributed by atoms with E-state index < -0.39 is 0 Å². The molecule has 2 rings (SSSR count). The van der Waals surface area contributed by atoms with Crippen LogP contribution in [0.1, 0.15) is 19.8 Å². The molecule has 0 aromatic heterocycles. The van der Waals surface area contributed by atoms with Gasteiger partial charge in [0.1, 0.15) is 0 Å². The first-order valence-electron chi connectivity index (χ1n) is 6.02. The van der Waals surface area contributed by atoms with Crippen LogP contribution in [0.3, 0.4) is 0 Å². The molecule has 2 saturated heterocycles. The SMILES string of the molecule is CCON1CCC(S)C1=O.CN1CCC(S)C1=O. The number of rotatable bonds is 2. The number of carbonyl (C=O) groups is 2. The van der Waals surface area contributed by atoms with Crippen LogP contribution in [0.15, 0.2) is 0 Å². The molecular formula is C11H20N2O3S2. The molecule has 0 N–H and O–H groups in total. The van der Waals surface area contributed by atoms with Gasteiger partial charge in [0, 0.05) is 13.6 Å². The van der Waals surface area contributed by atoms with Crippen molar-refractivity contribution >= 4 is 37.1 Å². The standard InChI is InChI=1S/C6H11NO2S.C5H9NOS/c1-2-9-7-4-3-5(10)6(7)8;1-6-3-2-4(8)5(6)7/h5,10H,2-4H2,1H3;4,8H,2-3H2,1H3. The van der Waals surface area contributed by atoms with Crippen LogP contribution in [0, 0.1) is 0 Å². The Hall–Kier alpha value is -0.400. The molecule has 2 heterocycles. The lowest BCUT2D eigenvalue weighted by Gasteiger charge is -2.13. The van der Waals surface area contributed by atoms with Crippen molar-refractivity contribution in [2.45, 2.75) is 30.3 Å². The van der Waals surface area contributed by atoms with Crippen LogP contribution in [-0.4, -0.2) is 59.0 Å². The number of amides is 2. The van der Waals surface area contributed by atoms with Crippen LogP contribution >= 0.6 is 25.3 Å². The first-order valence-corrected chi connectivity index (χ1v) is 7.06. The van der Waals surface area contributed by atoms with Gasteiger partial charge in [0.2, 0.25) is 5.91 Å². The third-order valence-corrected chi connectivity index (χ3v) is 3.78. The molecule has 0 spiro atoms. The minimum absolute atomic E-state index is 0.00909. The Morgan fingerprint density at radius 2 is 1.72 bits per heavy atom. The Morgan fingerprint density at radius 3 is 2.00 bits per heavy atom. The van der Waals surface area contributed by atoms with Crippen LogP contribution in [0.4, 0.5) is 0 Å². The third kappa shape index (κ3) is 4.07. The summed E-state index contributed by atoms with van der Waals surface area (Å²) in [6.45, 7) is 3.96. The van der Waals surface area contributed by atoms with Crippen LogP contribution in [0.5, 0.6) is 0 Å².